The number of H-pyrrole nitrogens is 1. The molecule has 5 heteroatoms. The molecule has 0 aliphatic carbocycles. The lowest BCUT2D eigenvalue weighted by molar-refractivity contribution is -0.0120. The molecule has 0 bridgehead atoms. The van der Waals surface area contributed by atoms with Gasteiger partial charge in [0.05, 0.1) is 12.2 Å². The molecule has 1 aromatic heterocycles. The highest BCUT2D eigenvalue weighted by molar-refractivity contribution is 5.08. The number of aromatic amines is 1. The van der Waals surface area contributed by atoms with Crippen LogP contribution in [0.25, 0.3) is 0 Å². The van der Waals surface area contributed by atoms with Gasteiger partial charge in [-0.3, -0.25) is 4.79 Å². The molecule has 17 heavy (non-hydrogen) atoms. The number of nitrogens with zero attached hydrogens (tertiary/aromatic N) is 1. The fourth-order valence-electron chi connectivity index (χ4n) is 1.84. The highest BCUT2D eigenvalue weighted by Crippen LogP contribution is 2.14. The van der Waals surface area contributed by atoms with Gasteiger partial charge in [0.25, 0.3) is 5.56 Å². The molecule has 0 spiro atoms. The molecule has 1 atom stereocenters. The Kier molecular flexibility index (Phi) is 4.14. The fraction of sp³-hybridized carbons (Fsp3) is 0.667. The number of hydrogen-bond acceptors (Lipinski definition) is 4. The van der Waals surface area contributed by atoms with E-state index in [1.165, 1.54) is 12.5 Å². The molecule has 1 N–H and O–H groups in total. The van der Waals surface area contributed by atoms with Crippen LogP contribution < -0.4 is 10.3 Å². The molecule has 0 aromatic carbocycles. The van der Waals surface area contributed by atoms with Gasteiger partial charge in [-0.1, -0.05) is 6.92 Å². The summed E-state index contributed by atoms with van der Waals surface area (Å²) in [5.41, 5.74) is -0.170. The van der Waals surface area contributed by atoms with Crippen LogP contribution in [0.3, 0.4) is 0 Å². The summed E-state index contributed by atoms with van der Waals surface area (Å²) in [4.78, 5) is 18.2. The first-order valence-corrected chi connectivity index (χ1v) is 6.12. The van der Waals surface area contributed by atoms with Gasteiger partial charge < -0.3 is 14.5 Å². The number of aryl methyl sites for hydroxylation is 1. The van der Waals surface area contributed by atoms with Gasteiger partial charge in [-0.25, -0.2) is 4.98 Å². The first kappa shape index (κ1) is 12.1. The van der Waals surface area contributed by atoms with E-state index in [1.54, 1.807) is 0 Å². The van der Waals surface area contributed by atoms with Crippen LogP contribution in [0.1, 0.15) is 32.0 Å². The molecule has 0 amide bonds. The average molecular weight is 238 g/mol. The van der Waals surface area contributed by atoms with Gasteiger partial charge in [0.15, 0.2) is 0 Å². The van der Waals surface area contributed by atoms with E-state index in [-0.39, 0.29) is 11.7 Å². The van der Waals surface area contributed by atoms with Crippen LogP contribution >= 0.6 is 0 Å². The van der Waals surface area contributed by atoms with Gasteiger partial charge in [0, 0.05) is 13.0 Å². The van der Waals surface area contributed by atoms with E-state index in [2.05, 4.69) is 9.97 Å². The van der Waals surface area contributed by atoms with Crippen LogP contribution in [0, 0.1) is 0 Å². The minimum atomic E-state index is -0.170. The normalized spacial score (nSPS) is 20.2. The van der Waals surface area contributed by atoms with E-state index >= 15 is 0 Å². The van der Waals surface area contributed by atoms with Gasteiger partial charge in [0.1, 0.15) is 12.4 Å². The Hall–Kier alpha value is -1.36. The zero-order valence-electron chi connectivity index (χ0n) is 10.1. The third-order valence-corrected chi connectivity index (χ3v) is 2.79. The number of rotatable bonds is 4. The standard InChI is InChI=1S/C12H18N2O3/c1-2-10-13-11(15)7-12(14-10)17-8-9-5-3-4-6-16-9/h7,9H,2-6,8H2,1H3,(H,13,14,15). The summed E-state index contributed by atoms with van der Waals surface area (Å²) in [5.74, 6) is 1.04. The van der Waals surface area contributed by atoms with Crippen molar-refractivity contribution >= 4 is 0 Å². The molecule has 0 radical (unpaired) electrons. The third kappa shape index (κ3) is 3.56. The predicted octanol–water partition coefficient (Wildman–Crippen LogP) is 1.28. The van der Waals surface area contributed by atoms with Crippen molar-refractivity contribution in [3.8, 4) is 5.88 Å². The molecular formula is C12H18N2O3. The lowest BCUT2D eigenvalue weighted by Gasteiger charge is -2.22. The van der Waals surface area contributed by atoms with Crippen LogP contribution in [-0.4, -0.2) is 29.3 Å². The first-order chi connectivity index (χ1) is 8.28. The minimum Gasteiger partial charge on any atom is -0.475 e. The second kappa shape index (κ2) is 5.82. The van der Waals surface area contributed by atoms with Crippen molar-refractivity contribution in [2.45, 2.75) is 38.7 Å². The number of nitrogens with one attached hydrogen (secondary N) is 1. The average Bonchev–Trinajstić information content (AvgIpc) is 2.37. The molecule has 94 valence electrons. The molecule has 1 unspecified atom stereocenters. The molecule has 2 rings (SSSR count). The highest BCUT2D eigenvalue weighted by Gasteiger charge is 2.14. The summed E-state index contributed by atoms with van der Waals surface area (Å²) in [5, 5.41) is 0. The zero-order chi connectivity index (χ0) is 12.1. The molecule has 1 fully saturated rings. The van der Waals surface area contributed by atoms with Gasteiger partial charge in [-0.05, 0) is 19.3 Å². The van der Waals surface area contributed by atoms with E-state index in [1.807, 2.05) is 6.92 Å². The molecule has 1 saturated heterocycles. The maximum absolute atomic E-state index is 11.3. The van der Waals surface area contributed by atoms with Gasteiger partial charge in [-0.2, -0.15) is 0 Å². The van der Waals surface area contributed by atoms with Crippen molar-refractivity contribution in [1.29, 1.82) is 0 Å². The van der Waals surface area contributed by atoms with Gasteiger partial charge in [0.2, 0.25) is 5.88 Å². The molecular weight excluding hydrogens is 220 g/mol. The summed E-state index contributed by atoms with van der Waals surface area (Å²) in [6, 6.07) is 1.38. The number of ether oxygens (including phenoxy) is 2. The quantitative estimate of drug-likeness (QED) is 0.858. The van der Waals surface area contributed by atoms with Crippen LogP contribution in [0.2, 0.25) is 0 Å². The van der Waals surface area contributed by atoms with E-state index in [9.17, 15) is 4.79 Å². The smallest absolute Gasteiger partial charge is 0.254 e. The van der Waals surface area contributed by atoms with Crippen LogP contribution in [0.4, 0.5) is 0 Å². The first-order valence-electron chi connectivity index (χ1n) is 6.12. The highest BCUT2D eigenvalue weighted by atomic mass is 16.5. The number of hydrogen-bond donors (Lipinski definition) is 1. The summed E-state index contributed by atoms with van der Waals surface area (Å²) in [6.07, 6.45) is 4.14. The maximum atomic E-state index is 11.3. The van der Waals surface area contributed by atoms with Crippen molar-refractivity contribution in [3.63, 3.8) is 0 Å². The van der Waals surface area contributed by atoms with Crippen molar-refractivity contribution in [3.05, 3.63) is 22.2 Å². The SMILES string of the molecule is CCc1nc(OCC2CCCCO2)cc(=O)[nH]1. The molecule has 5 nitrogen and oxygen atoms in total. The predicted molar refractivity (Wildman–Crippen MR) is 63.3 cm³/mol. The second-order valence-corrected chi connectivity index (χ2v) is 4.18. The Labute approximate surface area is 100 Å². The maximum Gasteiger partial charge on any atom is 0.254 e. The van der Waals surface area contributed by atoms with Crippen molar-refractivity contribution in [1.82, 2.24) is 9.97 Å². The largest absolute Gasteiger partial charge is 0.475 e. The van der Waals surface area contributed by atoms with Crippen molar-refractivity contribution < 1.29 is 9.47 Å². The Morgan fingerprint density at radius 2 is 2.47 bits per heavy atom. The lowest BCUT2D eigenvalue weighted by atomic mass is 10.1. The van der Waals surface area contributed by atoms with Crippen molar-refractivity contribution in [2.75, 3.05) is 13.2 Å². The minimum absolute atomic E-state index is 0.134. The Morgan fingerprint density at radius 3 is 3.18 bits per heavy atom. The summed E-state index contributed by atoms with van der Waals surface area (Å²) >= 11 is 0. The summed E-state index contributed by atoms with van der Waals surface area (Å²) in [7, 11) is 0. The van der Waals surface area contributed by atoms with Crippen LogP contribution in [0.15, 0.2) is 10.9 Å². The molecule has 1 aliphatic heterocycles. The Morgan fingerprint density at radius 1 is 1.59 bits per heavy atom. The molecule has 1 aliphatic rings. The Bertz CT molecular complexity index is 410. The molecule has 1 aromatic rings. The number of aromatic nitrogens is 2. The van der Waals surface area contributed by atoms with Crippen LogP contribution in [0.5, 0.6) is 5.88 Å². The van der Waals surface area contributed by atoms with E-state index in [0.29, 0.717) is 24.7 Å². The summed E-state index contributed by atoms with van der Waals surface area (Å²) < 4.78 is 11.1. The molecule has 0 saturated carbocycles. The third-order valence-electron chi connectivity index (χ3n) is 2.79. The van der Waals surface area contributed by atoms with E-state index in [4.69, 9.17) is 9.47 Å². The lowest BCUT2D eigenvalue weighted by Crippen LogP contribution is -2.26. The topological polar surface area (TPSA) is 64.2 Å². The van der Waals surface area contributed by atoms with Crippen LogP contribution in [-0.2, 0) is 11.2 Å². The van der Waals surface area contributed by atoms with E-state index in [0.717, 1.165) is 19.4 Å². The molecule has 2 heterocycles. The second-order valence-electron chi connectivity index (χ2n) is 4.18. The summed E-state index contributed by atoms with van der Waals surface area (Å²) in [6.45, 7) is 3.21. The fourth-order valence-corrected chi connectivity index (χ4v) is 1.84. The van der Waals surface area contributed by atoms with Gasteiger partial charge >= 0.3 is 0 Å². The van der Waals surface area contributed by atoms with E-state index < -0.39 is 0 Å². The van der Waals surface area contributed by atoms with Crippen molar-refractivity contribution in [2.24, 2.45) is 0 Å². The Balaban J connectivity index is 1.93. The van der Waals surface area contributed by atoms with Gasteiger partial charge in [-0.15, -0.1) is 0 Å². The zero-order valence-corrected chi connectivity index (χ0v) is 10.1. The monoisotopic (exact) mass is 238 g/mol.